The summed E-state index contributed by atoms with van der Waals surface area (Å²) in [6.07, 6.45) is 22.8. The molecule has 9 nitrogen and oxygen atoms in total. The van der Waals surface area contributed by atoms with Gasteiger partial charge in [0, 0.05) is 64.2 Å². The predicted octanol–water partition coefficient (Wildman–Crippen LogP) is 7.22. The molecule has 3 aliphatic rings. The Bertz CT molecular complexity index is 1220. The molecule has 9 heteroatoms. The minimum Gasteiger partial charge on any atom is -0.465 e. The first kappa shape index (κ1) is 35.7. The summed E-state index contributed by atoms with van der Waals surface area (Å²) in [5.74, 6) is 0.673. The van der Waals surface area contributed by atoms with Crippen molar-refractivity contribution in [1.82, 2.24) is 19.8 Å². The number of nitrogens with zero attached hydrogens (tertiary/aromatic N) is 5. The summed E-state index contributed by atoms with van der Waals surface area (Å²) >= 11 is 0. The van der Waals surface area contributed by atoms with E-state index in [4.69, 9.17) is 4.74 Å². The molecule has 5 atom stereocenters. The van der Waals surface area contributed by atoms with E-state index in [9.17, 15) is 14.7 Å². The number of aromatic nitrogens is 2. The smallest absolute Gasteiger partial charge is 0.407 e. The minimum atomic E-state index is -0.815. The molecular weight excluding hydrogens is 578 g/mol. The standard InChI is InChI=1S/C37H57N5O4/c1-27(32-22-23-38-36(39-32)40(4)5)14-13-15-28(2)35-29(3)20-21-30(16-9-8-12-19-34(43)46-35)33-26-41(24-25-42(33)37(44)45)31-17-10-6-7-11-18-31/h13-15,20-23,27,29-31,33,35H,6-12,16-19,24-26H2,1-5H3,(H,44,45)/b14-13+,21-20+,28-15+/t27?,29-,30?,33?,35+/m0/s1. The Kier molecular flexibility index (Phi) is 13.7. The number of rotatable bonds is 7. The Morgan fingerprint density at radius 1 is 1.07 bits per heavy atom. The fourth-order valence-electron chi connectivity index (χ4n) is 7.27. The zero-order valence-corrected chi connectivity index (χ0v) is 28.8. The molecule has 1 saturated carbocycles. The van der Waals surface area contributed by atoms with E-state index >= 15 is 0 Å². The average molecular weight is 636 g/mol. The number of carbonyl (C=O) groups is 2. The number of hydrogen-bond acceptors (Lipinski definition) is 7. The molecule has 1 aromatic heterocycles. The van der Waals surface area contributed by atoms with Crippen molar-refractivity contribution in [2.75, 3.05) is 38.6 Å². The second-order valence-electron chi connectivity index (χ2n) is 13.9. The highest BCUT2D eigenvalue weighted by Gasteiger charge is 2.37. The highest BCUT2D eigenvalue weighted by Crippen LogP contribution is 2.31. The number of esters is 1. The Balaban J connectivity index is 1.52. The lowest BCUT2D eigenvalue weighted by Gasteiger charge is -2.46. The number of anilines is 1. The number of amides is 1. The van der Waals surface area contributed by atoms with E-state index in [1.165, 1.54) is 38.5 Å². The molecule has 46 heavy (non-hydrogen) atoms. The average Bonchev–Trinajstić information content (AvgIpc) is 3.33. The second kappa shape index (κ2) is 17.6. The van der Waals surface area contributed by atoms with E-state index < -0.39 is 12.2 Å². The summed E-state index contributed by atoms with van der Waals surface area (Å²) in [5, 5.41) is 10.2. The topological polar surface area (TPSA) is 99.1 Å². The Morgan fingerprint density at radius 2 is 1.78 bits per heavy atom. The zero-order chi connectivity index (χ0) is 33.1. The SMILES string of the molecule is C/C(=C\C=C\C(C)c1ccnc(N(C)C)n1)[C@H]1OC(=O)CCCCCC(C2CN(C3CCCCCC3)CCN2C(=O)O)/C=C/[C@@H]1C. The molecule has 254 valence electrons. The number of carboxylic acid groups (broad SMARTS) is 1. The Hall–Kier alpha value is -3.20. The Morgan fingerprint density at radius 3 is 2.50 bits per heavy atom. The molecule has 3 heterocycles. The summed E-state index contributed by atoms with van der Waals surface area (Å²) in [5.41, 5.74) is 1.92. The van der Waals surface area contributed by atoms with Crippen molar-refractivity contribution < 1.29 is 19.4 Å². The number of ether oxygens (including phenoxy) is 1. The van der Waals surface area contributed by atoms with Gasteiger partial charge in [0.15, 0.2) is 0 Å². The van der Waals surface area contributed by atoms with Crippen LogP contribution in [-0.4, -0.2) is 88.9 Å². The van der Waals surface area contributed by atoms with Crippen LogP contribution in [0.15, 0.2) is 48.2 Å². The summed E-state index contributed by atoms with van der Waals surface area (Å²) in [7, 11) is 3.86. The van der Waals surface area contributed by atoms with Crippen LogP contribution in [0.2, 0.25) is 0 Å². The highest BCUT2D eigenvalue weighted by molar-refractivity contribution is 5.70. The van der Waals surface area contributed by atoms with E-state index in [2.05, 4.69) is 46.9 Å². The first-order valence-electron chi connectivity index (χ1n) is 17.6. The van der Waals surface area contributed by atoms with Gasteiger partial charge in [-0.1, -0.05) is 82.8 Å². The lowest BCUT2D eigenvalue weighted by molar-refractivity contribution is -0.148. The van der Waals surface area contributed by atoms with Crippen LogP contribution in [0, 0.1) is 11.8 Å². The largest absolute Gasteiger partial charge is 0.465 e. The lowest BCUT2D eigenvalue weighted by atomic mass is 9.87. The molecule has 0 aromatic carbocycles. The molecule has 3 unspecified atom stereocenters. The van der Waals surface area contributed by atoms with E-state index in [1.54, 1.807) is 11.1 Å². The van der Waals surface area contributed by atoms with Gasteiger partial charge < -0.3 is 19.6 Å². The van der Waals surface area contributed by atoms with Gasteiger partial charge in [-0.15, -0.1) is 0 Å². The fourth-order valence-corrected chi connectivity index (χ4v) is 7.27. The maximum atomic E-state index is 12.9. The zero-order valence-electron chi connectivity index (χ0n) is 28.8. The number of hydrogen-bond donors (Lipinski definition) is 1. The summed E-state index contributed by atoms with van der Waals surface area (Å²) in [4.78, 5) is 40.5. The number of allylic oxidation sites excluding steroid dienone is 3. The Labute approximate surface area is 276 Å². The molecule has 0 spiro atoms. The number of piperazine rings is 1. The van der Waals surface area contributed by atoms with Crippen molar-refractivity contribution in [3.8, 4) is 0 Å². The third-order valence-electron chi connectivity index (χ3n) is 10.1. The maximum Gasteiger partial charge on any atom is 0.407 e. The second-order valence-corrected chi connectivity index (χ2v) is 13.9. The normalized spacial score (nSPS) is 28.1. The van der Waals surface area contributed by atoms with Gasteiger partial charge in [-0.05, 0) is 50.2 Å². The molecule has 1 N–H and O–H groups in total. The predicted molar refractivity (Wildman–Crippen MR) is 184 cm³/mol. The third kappa shape index (κ3) is 10.1. The van der Waals surface area contributed by atoms with Crippen LogP contribution in [0.25, 0.3) is 0 Å². The van der Waals surface area contributed by atoms with Gasteiger partial charge in [0.2, 0.25) is 5.95 Å². The van der Waals surface area contributed by atoms with Crippen LogP contribution in [0.3, 0.4) is 0 Å². The molecule has 2 aliphatic heterocycles. The fraction of sp³-hybridized carbons (Fsp3) is 0.676. The van der Waals surface area contributed by atoms with Gasteiger partial charge in [0.25, 0.3) is 0 Å². The summed E-state index contributed by atoms with van der Waals surface area (Å²) in [6, 6.07) is 2.42. The minimum absolute atomic E-state index is 0.0581. The van der Waals surface area contributed by atoms with Gasteiger partial charge in [-0.25, -0.2) is 14.8 Å². The first-order valence-corrected chi connectivity index (χ1v) is 17.6. The summed E-state index contributed by atoms with van der Waals surface area (Å²) in [6.45, 7) is 8.40. The lowest BCUT2D eigenvalue weighted by Crippen LogP contribution is -2.59. The highest BCUT2D eigenvalue weighted by atomic mass is 16.5. The van der Waals surface area contributed by atoms with Gasteiger partial charge >= 0.3 is 12.1 Å². The number of carbonyl (C=O) groups excluding carboxylic acids is 1. The van der Waals surface area contributed by atoms with E-state index in [0.29, 0.717) is 25.0 Å². The molecule has 1 aliphatic carbocycles. The van der Waals surface area contributed by atoms with Crippen LogP contribution in [0.4, 0.5) is 10.7 Å². The molecular formula is C37H57N5O4. The monoisotopic (exact) mass is 635 g/mol. The van der Waals surface area contributed by atoms with Gasteiger partial charge in [-0.3, -0.25) is 9.69 Å². The third-order valence-corrected chi connectivity index (χ3v) is 10.1. The molecule has 2 fully saturated rings. The van der Waals surface area contributed by atoms with E-state index in [1.807, 2.05) is 44.1 Å². The van der Waals surface area contributed by atoms with Crippen LogP contribution >= 0.6 is 0 Å². The first-order chi connectivity index (χ1) is 22.1. The van der Waals surface area contributed by atoms with Crippen molar-refractivity contribution in [1.29, 1.82) is 0 Å². The molecule has 0 radical (unpaired) electrons. The van der Waals surface area contributed by atoms with Gasteiger partial charge in [0.05, 0.1) is 11.7 Å². The molecule has 4 rings (SSSR count). The van der Waals surface area contributed by atoms with Crippen molar-refractivity contribution >= 4 is 18.0 Å². The van der Waals surface area contributed by atoms with E-state index in [0.717, 1.165) is 50.0 Å². The molecule has 1 aromatic rings. The van der Waals surface area contributed by atoms with Gasteiger partial charge in [0.1, 0.15) is 6.10 Å². The van der Waals surface area contributed by atoms with Crippen molar-refractivity contribution in [2.45, 2.75) is 116 Å². The van der Waals surface area contributed by atoms with Crippen LogP contribution in [-0.2, 0) is 9.53 Å². The van der Waals surface area contributed by atoms with Crippen LogP contribution < -0.4 is 4.90 Å². The van der Waals surface area contributed by atoms with Gasteiger partial charge in [-0.2, -0.15) is 0 Å². The van der Waals surface area contributed by atoms with E-state index in [-0.39, 0.29) is 29.8 Å². The molecule has 0 bridgehead atoms. The van der Waals surface area contributed by atoms with Crippen LogP contribution in [0.1, 0.15) is 103 Å². The van der Waals surface area contributed by atoms with Crippen molar-refractivity contribution in [3.63, 3.8) is 0 Å². The molecule has 1 saturated heterocycles. The number of cyclic esters (lactones) is 1. The van der Waals surface area contributed by atoms with Crippen molar-refractivity contribution in [2.24, 2.45) is 11.8 Å². The molecule has 1 amide bonds. The quantitative estimate of drug-likeness (QED) is 0.145. The summed E-state index contributed by atoms with van der Waals surface area (Å²) < 4.78 is 6.10. The maximum absolute atomic E-state index is 12.9. The van der Waals surface area contributed by atoms with Crippen LogP contribution in [0.5, 0.6) is 0 Å². The van der Waals surface area contributed by atoms with Crippen molar-refractivity contribution in [3.05, 3.63) is 53.9 Å².